The topological polar surface area (TPSA) is 55.2 Å². The number of aromatic nitrogens is 2. The van der Waals surface area contributed by atoms with Gasteiger partial charge in [0.05, 0.1) is 7.11 Å². The van der Waals surface area contributed by atoms with Gasteiger partial charge in [-0.1, -0.05) is 23.6 Å². The second-order valence-electron chi connectivity index (χ2n) is 4.25. The number of benzene rings is 1. The van der Waals surface area contributed by atoms with E-state index < -0.39 is 0 Å². The monoisotopic (exact) mass is 300 g/mol. The molecule has 0 aliphatic rings. The Morgan fingerprint density at radius 3 is 2.90 bits per heavy atom. The van der Waals surface area contributed by atoms with Gasteiger partial charge in [0.1, 0.15) is 12.4 Å². The Balaban J connectivity index is 2.20. The van der Waals surface area contributed by atoms with Gasteiger partial charge in [0.15, 0.2) is 5.16 Å². The van der Waals surface area contributed by atoms with Crippen molar-refractivity contribution in [3.8, 4) is 17.6 Å². The Morgan fingerprint density at radius 2 is 2.19 bits per heavy atom. The molecule has 0 radical (unpaired) electrons. The zero-order valence-corrected chi connectivity index (χ0v) is 12.8. The van der Waals surface area contributed by atoms with E-state index in [9.17, 15) is 0 Å². The summed E-state index contributed by atoms with van der Waals surface area (Å²) in [7, 11) is 1.63. The minimum atomic E-state index is -0.153. The van der Waals surface area contributed by atoms with Crippen LogP contribution in [0.5, 0.6) is 5.75 Å². The SMILES string of the molecule is COc1ccc(C#CCO)c(CSc2nccc(C)n2)c1. The summed E-state index contributed by atoms with van der Waals surface area (Å²) in [6.07, 6.45) is 1.75. The van der Waals surface area contributed by atoms with Gasteiger partial charge >= 0.3 is 0 Å². The standard InChI is InChI=1S/C16H16N2O2S/c1-12-7-8-17-16(18-12)21-11-14-10-15(20-2)6-5-13(14)4-3-9-19/h5-8,10,19H,9,11H2,1-2H3. The molecule has 0 spiro atoms. The van der Waals surface area contributed by atoms with Gasteiger partial charge in [-0.2, -0.15) is 0 Å². The molecule has 1 aromatic carbocycles. The fourth-order valence-electron chi connectivity index (χ4n) is 1.71. The van der Waals surface area contributed by atoms with E-state index in [1.54, 1.807) is 25.1 Å². The molecule has 1 heterocycles. The fourth-order valence-corrected chi connectivity index (χ4v) is 2.58. The molecular weight excluding hydrogens is 284 g/mol. The average molecular weight is 300 g/mol. The summed E-state index contributed by atoms with van der Waals surface area (Å²) in [6, 6.07) is 7.57. The summed E-state index contributed by atoms with van der Waals surface area (Å²) < 4.78 is 5.25. The van der Waals surface area contributed by atoms with Gasteiger partial charge in [0.2, 0.25) is 0 Å². The van der Waals surface area contributed by atoms with E-state index in [1.165, 1.54) is 0 Å². The predicted octanol–water partition coefficient (Wildman–Crippen LogP) is 2.43. The van der Waals surface area contributed by atoms with E-state index in [0.717, 1.165) is 27.7 Å². The van der Waals surface area contributed by atoms with E-state index in [0.29, 0.717) is 5.75 Å². The Labute approximate surface area is 128 Å². The molecule has 0 saturated carbocycles. The van der Waals surface area contributed by atoms with Gasteiger partial charge in [-0.3, -0.25) is 0 Å². The molecule has 1 N–H and O–H groups in total. The number of aliphatic hydroxyl groups excluding tert-OH is 1. The van der Waals surface area contributed by atoms with Crippen LogP contribution in [-0.4, -0.2) is 28.8 Å². The Bertz CT molecular complexity index is 677. The normalized spacial score (nSPS) is 9.86. The van der Waals surface area contributed by atoms with E-state index in [2.05, 4.69) is 21.8 Å². The van der Waals surface area contributed by atoms with Crippen molar-refractivity contribution in [1.29, 1.82) is 0 Å². The van der Waals surface area contributed by atoms with Crippen molar-refractivity contribution in [3.05, 3.63) is 47.3 Å². The molecule has 0 atom stereocenters. The molecule has 5 heteroatoms. The first-order valence-electron chi connectivity index (χ1n) is 6.42. The lowest BCUT2D eigenvalue weighted by molar-refractivity contribution is 0.350. The number of ether oxygens (including phenoxy) is 1. The van der Waals surface area contributed by atoms with Crippen LogP contribution in [-0.2, 0) is 5.75 Å². The molecule has 1 aromatic heterocycles. The fraction of sp³-hybridized carbons (Fsp3) is 0.250. The van der Waals surface area contributed by atoms with E-state index in [1.807, 2.05) is 31.2 Å². The van der Waals surface area contributed by atoms with Gasteiger partial charge in [-0.05, 0) is 36.8 Å². The number of nitrogens with zero attached hydrogens (tertiary/aromatic N) is 2. The summed E-state index contributed by atoms with van der Waals surface area (Å²) >= 11 is 1.55. The highest BCUT2D eigenvalue weighted by Crippen LogP contribution is 2.24. The second-order valence-corrected chi connectivity index (χ2v) is 5.19. The molecule has 2 rings (SSSR count). The minimum absolute atomic E-state index is 0.153. The quantitative estimate of drug-likeness (QED) is 0.534. The molecule has 4 nitrogen and oxygen atoms in total. The summed E-state index contributed by atoms with van der Waals surface area (Å²) in [4.78, 5) is 8.60. The van der Waals surface area contributed by atoms with Crippen molar-refractivity contribution < 1.29 is 9.84 Å². The summed E-state index contributed by atoms with van der Waals surface area (Å²) in [6.45, 7) is 1.79. The predicted molar refractivity (Wildman–Crippen MR) is 83.3 cm³/mol. The maximum Gasteiger partial charge on any atom is 0.188 e. The first-order chi connectivity index (χ1) is 10.2. The van der Waals surface area contributed by atoms with Crippen LogP contribution in [0.4, 0.5) is 0 Å². The summed E-state index contributed by atoms with van der Waals surface area (Å²) in [5.74, 6) is 7.10. The van der Waals surface area contributed by atoms with Crippen LogP contribution >= 0.6 is 11.8 Å². The van der Waals surface area contributed by atoms with Crippen molar-refractivity contribution in [3.63, 3.8) is 0 Å². The first-order valence-corrected chi connectivity index (χ1v) is 7.40. The van der Waals surface area contributed by atoms with Crippen LogP contribution in [0.1, 0.15) is 16.8 Å². The number of hydrogen-bond donors (Lipinski definition) is 1. The van der Waals surface area contributed by atoms with Crippen LogP contribution in [0.25, 0.3) is 0 Å². The number of thioether (sulfide) groups is 1. The van der Waals surface area contributed by atoms with E-state index in [-0.39, 0.29) is 6.61 Å². The van der Waals surface area contributed by atoms with Crippen LogP contribution in [0.2, 0.25) is 0 Å². The van der Waals surface area contributed by atoms with Gasteiger partial charge in [-0.15, -0.1) is 0 Å². The molecule has 108 valence electrons. The average Bonchev–Trinajstić information content (AvgIpc) is 2.51. The van der Waals surface area contributed by atoms with Gasteiger partial charge < -0.3 is 9.84 Å². The lowest BCUT2D eigenvalue weighted by atomic mass is 10.1. The molecule has 0 amide bonds. The minimum Gasteiger partial charge on any atom is -0.497 e. The maximum atomic E-state index is 8.83. The third-order valence-electron chi connectivity index (χ3n) is 2.74. The summed E-state index contributed by atoms with van der Waals surface area (Å²) in [5.41, 5.74) is 2.86. The largest absolute Gasteiger partial charge is 0.497 e. The van der Waals surface area contributed by atoms with Gasteiger partial charge in [0.25, 0.3) is 0 Å². The zero-order chi connectivity index (χ0) is 15.1. The Kier molecular flexibility index (Phi) is 5.61. The molecule has 2 aromatic rings. The van der Waals surface area contributed by atoms with Crippen LogP contribution in [0, 0.1) is 18.8 Å². The van der Waals surface area contributed by atoms with Crippen molar-refractivity contribution >= 4 is 11.8 Å². The van der Waals surface area contributed by atoms with Crippen LogP contribution in [0.3, 0.4) is 0 Å². The molecule has 0 bridgehead atoms. The maximum absolute atomic E-state index is 8.83. The third-order valence-corrected chi connectivity index (χ3v) is 3.65. The van der Waals surface area contributed by atoms with Crippen LogP contribution < -0.4 is 4.74 Å². The zero-order valence-electron chi connectivity index (χ0n) is 12.0. The first kappa shape index (κ1) is 15.4. The lowest BCUT2D eigenvalue weighted by Crippen LogP contribution is -1.93. The van der Waals surface area contributed by atoms with Crippen molar-refractivity contribution in [2.75, 3.05) is 13.7 Å². The van der Waals surface area contributed by atoms with Crippen molar-refractivity contribution in [1.82, 2.24) is 9.97 Å². The smallest absolute Gasteiger partial charge is 0.188 e. The number of aryl methyl sites for hydroxylation is 1. The Morgan fingerprint density at radius 1 is 1.33 bits per heavy atom. The van der Waals surface area contributed by atoms with Gasteiger partial charge in [-0.25, -0.2) is 9.97 Å². The number of methoxy groups -OCH3 is 1. The number of hydrogen-bond acceptors (Lipinski definition) is 5. The lowest BCUT2D eigenvalue weighted by Gasteiger charge is -2.07. The van der Waals surface area contributed by atoms with Crippen molar-refractivity contribution in [2.24, 2.45) is 0 Å². The van der Waals surface area contributed by atoms with Gasteiger partial charge in [0, 0.05) is 23.2 Å². The molecular formula is C16H16N2O2S. The second kappa shape index (κ2) is 7.67. The number of rotatable bonds is 4. The van der Waals surface area contributed by atoms with E-state index >= 15 is 0 Å². The highest BCUT2D eigenvalue weighted by Gasteiger charge is 2.05. The molecule has 0 unspecified atom stereocenters. The molecule has 0 aliphatic carbocycles. The molecule has 0 saturated heterocycles. The number of aliphatic hydroxyl groups is 1. The molecule has 21 heavy (non-hydrogen) atoms. The molecule has 0 aliphatic heterocycles. The highest BCUT2D eigenvalue weighted by molar-refractivity contribution is 7.98. The van der Waals surface area contributed by atoms with Crippen molar-refractivity contribution in [2.45, 2.75) is 17.8 Å². The van der Waals surface area contributed by atoms with Crippen LogP contribution in [0.15, 0.2) is 35.6 Å². The highest BCUT2D eigenvalue weighted by atomic mass is 32.2. The molecule has 0 fully saturated rings. The van der Waals surface area contributed by atoms with E-state index in [4.69, 9.17) is 9.84 Å². The third kappa shape index (κ3) is 4.48. The Hall–Kier alpha value is -2.03. The summed E-state index contributed by atoms with van der Waals surface area (Å²) in [5, 5.41) is 9.57.